The molecule has 0 heterocycles. The van der Waals surface area contributed by atoms with Gasteiger partial charge in [-0.15, -0.1) is 0 Å². The molecule has 2 rings (SSSR count). The SMILES string of the molecule is CCC(=O)OS(=O)(=O)c1ccc2ccccc2c1. The lowest BCUT2D eigenvalue weighted by Crippen LogP contribution is -2.12. The fourth-order valence-electron chi connectivity index (χ4n) is 1.55. The minimum atomic E-state index is -4.01. The fourth-order valence-corrected chi connectivity index (χ4v) is 2.52. The second kappa shape index (κ2) is 4.78. The van der Waals surface area contributed by atoms with Crippen LogP contribution < -0.4 is 0 Å². The molecular weight excluding hydrogens is 252 g/mol. The zero-order valence-corrected chi connectivity index (χ0v) is 10.6. The fraction of sp³-hybridized carbons (Fsp3) is 0.154. The van der Waals surface area contributed by atoms with Crippen LogP contribution in [0.5, 0.6) is 0 Å². The number of fused-ring (bicyclic) bond motifs is 1. The Hall–Kier alpha value is -1.88. The Morgan fingerprint density at radius 3 is 2.44 bits per heavy atom. The molecule has 0 aliphatic carbocycles. The summed E-state index contributed by atoms with van der Waals surface area (Å²) in [4.78, 5) is 11.1. The van der Waals surface area contributed by atoms with Crippen molar-refractivity contribution in [3.8, 4) is 0 Å². The maximum absolute atomic E-state index is 11.8. The van der Waals surface area contributed by atoms with Crippen LogP contribution >= 0.6 is 0 Å². The molecular formula is C13H12O4S. The molecule has 0 fully saturated rings. The van der Waals surface area contributed by atoms with Crippen LogP contribution in [0.2, 0.25) is 0 Å². The first-order valence-electron chi connectivity index (χ1n) is 5.49. The number of rotatable bonds is 3. The zero-order valence-electron chi connectivity index (χ0n) is 9.79. The number of hydrogen-bond donors (Lipinski definition) is 0. The number of carbonyl (C=O) groups excluding carboxylic acids is 1. The third-order valence-electron chi connectivity index (χ3n) is 2.50. The lowest BCUT2D eigenvalue weighted by Gasteiger charge is -2.05. The predicted molar refractivity (Wildman–Crippen MR) is 67.5 cm³/mol. The van der Waals surface area contributed by atoms with Crippen molar-refractivity contribution in [1.82, 2.24) is 0 Å². The van der Waals surface area contributed by atoms with Crippen LogP contribution in [-0.2, 0) is 19.1 Å². The van der Waals surface area contributed by atoms with Crippen molar-refractivity contribution in [3.63, 3.8) is 0 Å². The van der Waals surface area contributed by atoms with Gasteiger partial charge in [-0.3, -0.25) is 4.79 Å². The van der Waals surface area contributed by atoms with Gasteiger partial charge in [-0.2, -0.15) is 8.42 Å². The predicted octanol–water partition coefficient (Wildman–Crippen LogP) is 2.48. The Balaban J connectivity index is 2.45. The van der Waals surface area contributed by atoms with Gasteiger partial charge in [0.05, 0.1) is 0 Å². The molecule has 0 radical (unpaired) electrons. The molecule has 0 amide bonds. The Bertz CT molecular complexity index is 689. The molecule has 94 valence electrons. The number of hydrogen-bond acceptors (Lipinski definition) is 4. The number of carbonyl (C=O) groups is 1. The summed E-state index contributed by atoms with van der Waals surface area (Å²) >= 11 is 0. The quantitative estimate of drug-likeness (QED) is 0.799. The van der Waals surface area contributed by atoms with Gasteiger partial charge in [0, 0.05) is 6.42 Å². The van der Waals surface area contributed by atoms with Crippen molar-refractivity contribution in [1.29, 1.82) is 0 Å². The van der Waals surface area contributed by atoms with Gasteiger partial charge in [-0.05, 0) is 22.9 Å². The molecule has 0 atom stereocenters. The molecule has 4 nitrogen and oxygen atoms in total. The van der Waals surface area contributed by atoms with E-state index in [-0.39, 0.29) is 11.3 Å². The first-order chi connectivity index (χ1) is 8.53. The third kappa shape index (κ3) is 2.51. The minimum Gasteiger partial charge on any atom is -0.342 e. The van der Waals surface area contributed by atoms with Gasteiger partial charge in [-0.1, -0.05) is 37.3 Å². The summed E-state index contributed by atoms with van der Waals surface area (Å²) in [6.45, 7) is 1.54. The van der Waals surface area contributed by atoms with E-state index >= 15 is 0 Å². The van der Waals surface area contributed by atoms with Crippen molar-refractivity contribution in [2.24, 2.45) is 0 Å². The normalized spacial score (nSPS) is 11.4. The summed E-state index contributed by atoms with van der Waals surface area (Å²) in [7, 11) is -4.01. The summed E-state index contributed by atoms with van der Waals surface area (Å²) in [5.41, 5.74) is 0. The molecule has 0 aromatic heterocycles. The molecule has 0 saturated heterocycles. The third-order valence-corrected chi connectivity index (χ3v) is 3.74. The van der Waals surface area contributed by atoms with Crippen LogP contribution in [0.15, 0.2) is 47.4 Å². The van der Waals surface area contributed by atoms with E-state index in [0.717, 1.165) is 10.8 Å². The van der Waals surface area contributed by atoms with E-state index in [9.17, 15) is 13.2 Å². The van der Waals surface area contributed by atoms with E-state index in [1.54, 1.807) is 12.1 Å². The van der Waals surface area contributed by atoms with Crippen LogP contribution in [-0.4, -0.2) is 14.4 Å². The van der Waals surface area contributed by atoms with Gasteiger partial charge >= 0.3 is 16.1 Å². The van der Waals surface area contributed by atoms with Crippen LogP contribution in [0.3, 0.4) is 0 Å². The van der Waals surface area contributed by atoms with Gasteiger partial charge in [0.2, 0.25) is 0 Å². The Kier molecular flexibility index (Phi) is 3.34. The highest BCUT2D eigenvalue weighted by atomic mass is 32.2. The van der Waals surface area contributed by atoms with Crippen LogP contribution in [0.1, 0.15) is 13.3 Å². The second-order valence-electron chi connectivity index (χ2n) is 3.77. The van der Waals surface area contributed by atoms with E-state index < -0.39 is 16.1 Å². The average Bonchev–Trinajstić information content (AvgIpc) is 2.37. The Morgan fingerprint density at radius 1 is 1.11 bits per heavy atom. The highest BCUT2D eigenvalue weighted by molar-refractivity contribution is 7.87. The van der Waals surface area contributed by atoms with E-state index in [0.29, 0.717) is 0 Å². The summed E-state index contributed by atoms with van der Waals surface area (Å²) in [5, 5.41) is 1.71. The zero-order chi connectivity index (χ0) is 13.2. The monoisotopic (exact) mass is 264 g/mol. The highest BCUT2D eigenvalue weighted by Gasteiger charge is 2.19. The van der Waals surface area contributed by atoms with Gasteiger partial charge in [-0.25, -0.2) is 0 Å². The smallest absolute Gasteiger partial charge is 0.341 e. The Labute approximate surface area is 105 Å². The topological polar surface area (TPSA) is 60.4 Å². The summed E-state index contributed by atoms with van der Waals surface area (Å²) in [6.07, 6.45) is 0.0206. The van der Waals surface area contributed by atoms with Gasteiger partial charge in [0.15, 0.2) is 0 Å². The standard InChI is InChI=1S/C13H12O4S/c1-2-13(14)17-18(15,16)12-8-7-10-5-3-4-6-11(10)9-12/h3-9H,2H2,1H3. The van der Waals surface area contributed by atoms with Crippen LogP contribution in [0.25, 0.3) is 10.8 Å². The summed E-state index contributed by atoms with van der Waals surface area (Å²) in [5.74, 6) is -0.761. The highest BCUT2D eigenvalue weighted by Crippen LogP contribution is 2.20. The van der Waals surface area contributed by atoms with E-state index in [2.05, 4.69) is 4.18 Å². The lowest BCUT2D eigenvalue weighted by molar-refractivity contribution is -0.133. The molecule has 2 aromatic carbocycles. The minimum absolute atomic E-state index is 0.0111. The maximum Gasteiger partial charge on any atom is 0.341 e. The van der Waals surface area contributed by atoms with Gasteiger partial charge in [0.25, 0.3) is 0 Å². The van der Waals surface area contributed by atoms with Gasteiger partial charge < -0.3 is 4.18 Å². The Morgan fingerprint density at radius 2 is 1.78 bits per heavy atom. The second-order valence-corrected chi connectivity index (χ2v) is 5.32. The molecule has 0 aliphatic rings. The first kappa shape index (κ1) is 12.6. The molecule has 0 aliphatic heterocycles. The molecule has 0 N–H and O–H groups in total. The summed E-state index contributed by atoms with van der Waals surface area (Å²) < 4.78 is 28.1. The van der Waals surface area contributed by atoms with Crippen molar-refractivity contribution in [3.05, 3.63) is 42.5 Å². The molecule has 0 unspecified atom stereocenters. The molecule has 18 heavy (non-hydrogen) atoms. The van der Waals surface area contributed by atoms with Crippen LogP contribution in [0, 0.1) is 0 Å². The van der Waals surface area contributed by atoms with Gasteiger partial charge in [0.1, 0.15) is 4.90 Å². The lowest BCUT2D eigenvalue weighted by atomic mass is 10.1. The molecule has 5 heteroatoms. The van der Waals surface area contributed by atoms with Crippen molar-refractivity contribution >= 4 is 26.9 Å². The maximum atomic E-state index is 11.8. The molecule has 0 bridgehead atoms. The van der Waals surface area contributed by atoms with E-state index in [1.807, 2.05) is 18.2 Å². The molecule has 0 saturated carbocycles. The average molecular weight is 264 g/mol. The molecule has 2 aromatic rings. The largest absolute Gasteiger partial charge is 0.342 e. The summed E-state index contributed by atoms with van der Waals surface area (Å²) in [6, 6.07) is 12.0. The molecule has 0 spiro atoms. The van der Waals surface area contributed by atoms with E-state index in [1.165, 1.54) is 19.1 Å². The van der Waals surface area contributed by atoms with Crippen molar-refractivity contribution in [2.45, 2.75) is 18.2 Å². The number of benzene rings is 2. The van der Waals surface area contributed by atoms with Crippen LogP contribution in [0.4, 0.5) is 0 Å². The van der Waals surface area contributed by atoms with Crippen molar-refractivity contribution < 1.29 is 17.4 Å². The van der Waals surface area contributed by atoms with Crippen molar-refractivity contribution in [2.75, 3.05) is 0 Å². The first-order valence-corrected chi connectivity index (χ1v) is 6.90. The van der Waals surface area contributed by atoms with E-state index in [4.69, 9.17) is 0 Å².